The van der Waals surface area contributed by atoms with Gasteiger partial charge in [-0.15, -0.1) is 0 Å². The van der Waals surface area contributed by atoms with Crippen molar-refractivity contribution in [3.8, 4) is 28.1 Å². The molecule has 1 N–H and O–H groups in total. The van der Waals surface area contributed by atoms with Gasteiger partial charge in [0.25, 0.3) is 0 Å². The van der Waals surface area contributed by atoms with Gasteiger partial charge in [0.1, 0.15) is 0 Å². The summed E-state index contributed by atoms with van der Waals surface area (Å²) in [5.41, 5.74) is 5.51. The minimum atomic E-state index is -0.0303. The third kappa shape index (κ3) is 2.42. The largest absolute Gasteiger partial charge is 0.493 e. The summed E-state index contributed by atoms with van der Waals surface area (Å²) in [5.74, 6) is -0.0303. The molecule has 0 aliphatic carbocycles. The Morgan fingerprint density at radius 2 is 1.74 bits per heavy atom. The second kappa shape index (κ2) is 5.88. The predicted molar refractivity (Wildman–Crippen MR) is 103 cm³/mol. The molecule has 4 heterocycles. The van der Waals surface area contributed by atoms with E-state index in [1.54, 1.807) is 23.1 Å². The molecule has 4 aromatic heterocycles. The van der Waals surface area contributed by atoms with Crippen LogP contribution in [0.2, 0.25) is 0 Å². The van der Waals surface area contributed by atoms with Gasteiger partial charge in [-0.05, 0) is 24.6 Å². The predicted octanol–water partition coefficient (Wildman–Crippen LogP) is 4.02. The Morgan fingerprint density at radius 3 is 2.52 bits per heavy atom. The van der Waals surface area contributed by atoms with Crippen LogP contribution in [0.15, 0.2) is 67.1 Å². The van der Waals surface area contributed by atoms with Crippen molar-refractivity contribution in [2.45, 2.75) is 6.92 Å². The van der Waals surface area contributed by atoms with Crippen molar-refractivity contribution < 1.29 is 5.11 Å². The van der Waals surface area contributed by atoms with Crippen LogP contribution in [0.5, 0.6) is 5.88 Å². The number of rotatable bonds is 2. The van der Waals surface area contributed by atoms with E-state index in [0.717, 1.165) is 27.8 Å². The number of nitrogens with zero attached hydrogens (tertiary/aromatic N) is 5. The first-order valence-electron chi connectivity index (χ1n) is 8.56. The maximum absolute atomic E-state index is 10.5. The number of benzene rings is 1. The van der Waals surface area contributed by atoms with Crippen molar-refractivity contribution in [3.05, 3.63) is 72.8 Å². The molecule has 0 fully saturated rings. The second-order valence-electron chi connectivity index (χ2n) is 6.33. The molecule has 27 heavy (non-hydrogen) atoms. The fourth-order valence-corrected chi connectivity index (χ4v) is 3.37. The highest BCUT2D eigenvalue weighted by Gasteiger charge is 2.17. The van der Waals surface area contributed by atoms with Crippen LogP contribution in [-0.4, -0.2) is 29.7 Å². The molecule has 6 nitrogen and oxygen atoms in total. The van der Waals surface area contributed by atoms with Crippen molar-refractivity contribution in [1.82, 2.24) is 24.6 Å². The number of aromatic nitrogens is 5. The average Bonchev–Trinajstić information content (AvgIpc) is 3.05. The summed E-state index contributed by atoms with van der Waals surface area (Å²) in [6.07, 6.45) is 5.29. The molecule has 0 aliphatic rings. The highest BCUT2D eigenvalue weighted by atomic mass is 16.3. The molecule has 5 aromatic rings. The minimum absolute atomic E-state index is 0.0303. The van der Waals surface area contributed by atoms with E-state index in [1.807, 2.05) is 55.5 Å². The number of fused-ring (bicyclic) bond motifs is 3. The van der Waals surface area contributed by atoms with Gasteiger partial charge in [0.2, 0.25) is 5.88 Å². The summed E-state index contributed by atoms with van der Waals surface area (Å²) < 4.78 is 1.68. The topological polar surface area (TPSA) is 76.2 Å². The number of aryl methyl sites for hydroxylation is 1. The maximum atomic E-state index is 10.5. The van der Waals surface area contributed by atoms with Crippen LogP contribution in [0, 0.1) is 6.92 Å². The average molecular weight is 353 g/mol. The fraction of sp³-hybridized carbons (Fsp3) is 0.0476. The zero-order chi connectivity index (χ0) is 18.4. The standard InChI is InChI=1S/C21H15N5O/c1-13-18(15-8-5-9-22-11-15)20-23-12-16-10-17(14-6-3-2-4-7-14)21(27)24-19(16)26(20)25-13/h2-12H,1H3,(H,24,27). The van der Waals surface area contributed by atoms with Crippen LogP contribution in [0.4, 0.5) is 0 Å². The van der Waals surface area contributed by atoms with Crippen molar-refractivity contribution in [3.63, 3.8) is 0 Å². The molecule has 0 saturated carbocycles. The minimum Gasteiger partial charge on any atom is -0.493 e. The Labute approximate surface area is 154 Å². The van der Waals surface area contributed by atoms with Gasteiger partial charge in [-0.1, -0.05) is 36.4 Å². The Bertz CT molecular complexity index is 1280. The normalized spacial score (nSPS) is 11.3. The van der Waals surface area contributed by atoms with Gasteiger partial charge in [-0.25, -0.2) is 4.98 Å². The summed E-state index contributed by atoms with van der Waals surface area (Å²) in [5, 5.41) is 16.0. The van der Waals surface area contributed by atoms with Crippen molar-refractivity contribution in [2.24, 2.45) is 0 Å². The Kier molecular flexibility index (Phi) is 3.36. The molecule has 0 saturated heterocycles. The molecule has 0 bridgehead atoms. The first kappa shape index (κ1) is 15.5. The molecular weight excluding hydrogens is 338 g/mol. The summed E-state index contributed by atoms with van der Waals surface area (Å²) >= 11 is 0. The highest BCUT2D eigenvalue weighted by molar-refractivity contribution is 5.88. The van der Waals surface area contributed by atoms with E-state index < -0.39 is 0 Å². The molecule has 0 aliphatic heterocycles. The molecule has 0 radical (unpaired) electrons. The van der Waals surface area contributed by atoms with Crippen LogP contribution in [0.3, 0.4) is 0 Å². The van der Waals surface area contributed by atoms with E-state index in [2.05, 4.69) is 20.1 Å². The van der Waals surface area contributed by atoms with Gasteiger partial charge in [-0.2, -0.15) is 14.6 Å². The fourth-order valence-electron chi connectivity index (χ4n) is 3.37. The lowest BCUT2D eigenvalue weighted by Gasteiger charge is -2.07. The van der Waals surface area contributed by atoms with Crippen molar-refractivity contribution in [1.29, 1.82) is 0 Å². The van der Waals surface area contributed by atoms with Gasteiger partial charge in [-0.3, -0.25) is 4.98 Å². The molecule has 1 aromatic carbocycles. The second-order valence-corrected chi connectivity index (χ2v) is 6.33. The molecule has 0 atom stereocenters. The lowest BCUT2D eigenvalue weighted by Crippen LogP contribution is -1.97. The third-order valence-electron chi connectivity index (χ3n) is 4.61. The van der Waals surface area contributed by atoms with E-state index in [-0.39, 0.29) is 5.88 Å². The molecule has 0 unspecified atom stereocenters. The van der Waals surface area contributed by atoms with Gasteiger partial charge in [0, 0.05) is 35.1 Å². The van der Waals surface area contributed by atoms with Crippen LogP contribution in [-0.2, 0) is 0 Å². The van der Waals surface area contributed by atoms with E-state index in [0.29, 0.717) is 16.9 Å². The Morgan fingerprint density at radius 1 is 0.926 bits per heavy atom. The van der Waals surface area contributed by atoms with E-state index in [4.69, 9.17) is 0 Å². The summed E-state index contributed by atoms with van der Waals surface area (Å²) in [6, 6.07) is 15.4. The van der Waals surface area contributed by atoms with Gasteiger partial charge in [0.05, 0.1) is 11.3 Å². The quantitative estimate of drug-likeness (QED) is 0.519. The Hall–Kier alpha value is -3.80. The SMILES string of the molecule is Cc1nn2c(ncc3cc(-c4ccccc4)c(O)nc32)c1-c1cccnc1. The summed E-state index contributed by atoms with van der Waals surface area (Å²) in [6.45, 7) is 1.93. The van der Waals surface area contributed by atoms with Crippen LogP contribution >= 0.6 is 0 Å². The Balaban J connectivity index is 1.78. The van der Waals surface area contributed by atoms with Crippen molar-refractivity contribution >= 4 is 16.7 Å². The number of hydrogen-bond donors (Lipinski definition) is 1. The molecule has 5 rings (SSSR count). The van der Waals surface area contributed by atoms with Crippen molar-refractivity contribution in [2.75, 3.05) is 0 Å². The van der Waals surface area contributed by atoms with Crippen LogP contribution in [0.25, 0.3) is 38.9 Å². The van der Waals surface area contributed by atoms with E-state index in [9.17, 15) is 5.11 Å². The maximum Gasteiger partial charge on any atom is 0.220 e. The number of aromatic hydroxyl groups is 1. The number of hydrogen-bond acceptors (Lipinski definition) is 5. The zero-order valence-electron chi connectivity index (χ0n) is 14.5. The molecule has 0 spiro atoms. The molecule has 0 amide bonds. The first-order valence-corrected chi connectivity index (χ1v) is 8.56. The van der Waals surface area contributed by atoms with E-state index in [1.165, 1.54) is 0 Å². The highest BCUT2D eigenvalue weighted by Crippen LogP contribution is 2.32. The van der Waals surface area contributed by atoms with Gasteiger partial charge >= 0.3 is 0 Å². The summed E-state index contributed by atoms with van der Waals surface area (Å²) in [4.78, 5) is 13.2. The smallest absolute Gasteiger partial charge is 0.220 e. The molecule has 130 valence electrons. The summed E-state index contributed by atoms with van der Waals surface area (Å²) in [7, 11) is 0. The molecular formula is C21H15N5O. The van der Waals surface area contributed by atoms with Gasteiger partial charge in [0.15, 0.2) is 11.3 Å². The number of pyridine rings is 2. The van der Waals surface area contributed by atoms with Crippen LogP contribution < -0.4 is 0 Å². The third-order valence-corrected chi connectivity index (χ3v) is 4.61. The first-order chi connectivity index (χ1) is 13.2. The monoisotopic (exact) mass is 353 g/mol. The lowest BCUT2D eigenvalue weighted by molar-refractivity contribution is 0.457. The van der Waals surface area contributed by atoms with Gasteiger partial charge < -0.3 is 5.11 Å². The van der Waals surface area contributed by atoms with Crippen LogP contribution in [0.1, 0.15) is 5.69 Å². The van der Waals surface area contributed by atoms with E-state index >= 15 is 0 Å². The lowest BCUT2D eigenvalue weighted by atomic mass is 10.1. The zero-order valence-corrected chi connectivity index (χ0v) is 14.5. The molecule has 6 heteroatoms.